The Balaban J connectivity index is 2.22. The number of hydrogen-bond acceptors (Lipinski definition) is 1. The average Bonchev–Trinajstić information content (AvgIpc) is 2.18. The summed E-state index contributed by atoms with van der Waals surface area (Å²) in [6.07, 6.45) is 3.71. The molecule has 0 aromatic rings. The van der Waals surface area contributed by atoms with Gasteiger partial charge in [-0.2, -0.15) is 0 Å². The Morgan fingerprint density at radius 3 is 2.78 bits per heavy atom. The molecule has 0 aliphatic heterocycles. The highest BCUT2D eigenvalue weighted by atomic mass is 35.5. The van der Waals surface area contributed by atoms with E-state index in [1.807, 2.05) is 0 Å². The summed E-state index contributed by atoms with van der Waals surface area (Å²) < 4.78 is 5.01. The molecule has 0 radical (unpaired) electrons. The summed E-state index contributed by atoms with van der Waals surface area (Å²) in [5.74, 6) is 0.622. The minimum absolute atomic E-state index is 0.380. The van der Waals surface area contributed by atoms with Crippen LogP contribution >= 0.6 is 11.6 Å². The van der Waals surface area contributed by atoms with E-state index in [2.05, 4.69) is 0 Å². The van der Waals surface area contributed by atoms with Gasteiger partial charge in [0.2, 0.25) is 0 Å². The molecule has 0 spiro atoms. The first-order valence-corrected chi connectivity index (χ1v) is 3.91. The standard InChI is InChI=1S/C7H13ClO/c1-9-5-6-3-2-4-7(6)8/h6-7H,2-5H2,1H3/t6-,7-/m1/s1. The van der Waals surface area contributed by atoms with E-state index in [1.165, 1.54) is 19.3 Å². The molecule has 0 amide bonds. The van der Waals surface area contributed by atoms with Gasteiger partial charge in [0.15, 0.2) is 0 Å². The van der Waals surface area contributed by atoms with E-state index in [0.717, 1.165) is 6.61 Å². The normalized spacial score (nSPS) is 35.3. The zero-order chi connectivity index (χ0) is 6.69. The van der Waals surface area contributed by atoms with E-state index in [1.54, 1.807) is 7.11 Å². The van der Waals surface area contributed by atoms with Crippen molar-refractivity contribution in [2.24, 2.45) is 5.92 Å². The molecule has 0 N–H and O–H groups in total. The molecule has 54 valence electrons. The van der Waals surface area contributed by atoms with Gasteiger partial charge in [-0.1, -0.05) is 6.42 Å². The molecule has 9 heavy (non-hydrogen) atoms. The zero-order valence-corrected chi connectivity index (χ0v) is 6.53. The SMILES string of the molecule is COC[C@H]1CCC[C@H]1Cl. The maximum Gasteiger partial charge on any atom is 0.0504 e. The maximum absolute atomic E-state index is 5.98. The smallest absolute Gasteiger partial charge is 0.0504 e. The number of alkyl halides is 1. The summed E-state index contributed by atoms with van der Waals surface area (Å²) >= 11 is 5.98. The summed E-state index contributed by atoms with van der Waals surface area (Å²) in [5.41, 5.74) is 0. The van der Waals surface area contributed by atoms with Gasteiger partial charge < -0.3 is 4.74 Å². The van der Waals surface area contributed by atoms with Crippen molar-refractivity contribution in [1.29, 1.82) is 0 Å². The fourth-order valence-electron chi connectivity index (χ4n) is 1.39. The fourth-order valence-corrected chi connectivity index (χ4v) is 1.75. The lowest BCUT2D eigenvalue weighted by Gasteiger charge is -2.10. The van der Waals surface area contributed by atoms with Crippen molar-refractivity contribution in [2.75, 3.05) is 13.7 Å². The van der Waals surface area contributed by atoms with Gasteiger partial charge in [-0.25, -0.2) is 0 Å². The van der Waals surface area contributed by atoms with E-state index in [0.29, 0.717) is 11.3 Å². The first-order valence-electron chi connectivity index (χ1n) is 3.47. The van der Waals surface area contributed by atoms with Crippen LogP contribution in [0.25, 0.3) is 0 Å². The molecule has 1 aliphatic carbocycles. The Labute approximate surface area is 61.3 Å². The van der Waals surface area contributed by atoms with Gasteiger partial charge in [0, 0.05) is 12.5 Å². The minimum atomic E-state index is 0.380. The first-order chi connectivity index (χ1) is 4.34. The van der Waals surface area contributed by atoms with Crippen LogP contribution in [-0.4, -0.2) is 19.1 Å². The van der Waals surface area contributed by atoms with Crippen LogP contribution in [-0.2, 0) is 4.74 Å². The second-order valence-electron chi connectivity index (χ2n) is 2.66. The molecule has 1 fully saturated rings. The second kappa shape index (κ2) is 3.43. The van der Waals surface area contributed by atoms with E-state index >= 15 is 0 Å². The lowest BCUT2D eigenvalue weighted by atomic mass is 10.1. The Bertz CT molecular complexity index is 85.0. The van der Waals surface area contributed by atoms with Crippen molar-refractivity contribution < 1.29 is 4.74 Å². The Kier molecular flexibility index (Phi) is 2.80. The van der Waals surface area contributed by atoms with Crippen molar-refractivity contribution in [1.82, 2.24) is 0 Å². The molecule has 1 nitrogen and oxygen atoms in total. The van der Waals surface area contributed by atoms with Crippen LogP contribution in [0.3, 0.4) is 0 Å². The molecule has 0 bridgehead atoms. The molecule has 0 aromatic carbocycles. The number of ether oxygens (including phenoxy) is 1. The number of rotatable bonds is 2. The van der Waals surface area contributed by atoms with Crippen LogP contribution in [0.4, 0.5) is 0 Å². The average molecular weight is 149 g/mol. The predicted octanol–water partition coefficient (Wildman–Crippen LogP) is 2.04. The third-order valence-electron chi connectivity index (χ3n) is 1.95. The minimum Gasteiger partial charge on any atom is -0.384 e. The van der Waals surface area contributed by atoms with E-state index in [9.17, 15) is 0 Å². The van der Waals surface area contributed by atoms with Crippen LogP contribution in [0.1, 0.15) is 19.3 Å². The van der Waals surface area contributed by atoms with E-state index in [-0.39, 0.29) is 0 Å². The lowest BCUT2D eigenvalue weighted by Crippen LogP contribution is -2.12. The molecule has 0 heterocycles. The van der Waals surface area contributed by atoms with Crippen molar-refractivity contribution in [3.8, 4) is 0 Å². The molecule has 2 atom stereocenters. The van der Waals surface area contributed by atoms with Crippen molar-refractivity contribution >= 4 is 11.6 Å². The Morgan fingerprint density at radius 1 is 1.56 bits per heavy atom. The van der Waals surface area contributed by atoms with E-state index in [4.69, 9.17) is 16.3 Å². The van der Waals surface area contributed by atoms with Gasteiger partial charge in [0.25, 0.3) is 0 Å². The third-order valence-corrected chi connectivity index (χ3v) is 2.52. The number of methoxy groups -OCH3 is 1. The van der Waals surface area contributed by atoms with Crippen molar-refractivity contribution in [2.45, 2.75) is 24.6 Å². The highest BCUT2D eigenvalue weighted by Gasteiger charge is 2.24. The van der Waals surface area contributed by atoms with Gasteiger partial charge in [0.1, 0.15) is 0 Å². The lowest BCUT2D eigenvalue weighted by molar-refractivity contribution is 0.156. The molecule has 2 heteroatoms. The van der Waals surface area contributed by atoms with E-state index < -0.39 is 0 Å². The first kappa shape index (κ1) is 7.36. The highest BCUT2D eigenvalue weighted by Crippen LogP contribution is 2.29. The van der Waals surface area contributed by atoms with Gasteiger partial charge in [0.05, 0.1) is 6.61 Å². The van der Waals surface area contributed by atoms with Crippen LogP contribution in [0.15, 0.2) is 0 Å². The molecule has 0 saturated heterocycles. The summed E-state index contributed by atoms with van der Waals surface area (Å²) in [5, 5.41) is 0.380. The van der Waals surface area contributed by atoms with Gasteiger partial charge in [-0.3, -0.25) is 0 Å². The van der Waals surface area contributed by atoms with Crippen LogP contribution in [0.5, 0.6) is 0 Å². The van der Waals surface area contributed by atoms with Gasteiger partial charge in [-0.15, -0.1) is 11.6 Å². The number of halogens is 1. The van der Waals surface area contributed by atoms with Crippen LogP contribution in [0.2, 0.25) is 0 Å². The highest BCUT2D eigenvalue weighted by molar-refractivity contribution is 6.20. The maximum atomic E-state index is 5.98. The monoisotopic (exact) mass is 148 g/mol. The summed E-state index contributed by atoms with van der Waals surface area (Å²) in [6, 6.07) is 0. The quantitative estimate of drug-likeness (QED) is 0.545. The van der Waals surface area contributed by atoms with Crippen LogP contribution < -0.4 is 0 Å². The molecule has 0 unspecified atom stereocenters. The molecule has 1 rings (SSSR count). The topological polar surface area (TPSA) is 9.23 Å². The Morgan fingerprint density at radius 2 is 2.33 bits per heavy atom. The molecule has 1 aliphatic rings. The van der Waals surface area contributed by atoms with Gasteiger partial charge in [-0.05, 0) is 18.8 Å². The molecular formula is C7H13ClO. The Hall–Kier alpha value is 0.250. The second-order valence-corrected chi connectivity index (χ2v) is 3.22. The zero-order valence-electron chi connectivity index (χ0n) is 5.77. The van der Waals surface area contributed by atoms with Crippen molar-refractivity contribution in [3.05, 3.63) is 0 Å². The molecule has 0 aromatic heterocycles. The largest absolute Gasteiger partial charge is 0.384 e. The van der Waals surface area contributed by atoms with Gasteiger partial charge >= 0.3 is 0 Å². The fraction of sp³-hybridized carbons (Fsp3) is 1.00. The number of hydrogen-bond donors (Lipinski definition) is 0. The summed E-state index contributed by atoms with van der Waals surface area (Å²) in [7, 11) is 1.74. The summed E-state index contributed by atoms with van der Waals surface area (Å²) in [4.78, 5) is 0. The third kappa shape index (κ3) is 1.84. The summed E-state index contributed by atoms with van der Waals surface area (Å²) in [6.45, 7) is 0.841. The van der Waals surface area contributed by atoms with Crippen LogP contribution in [0, 0.1) is 5.92 Å². The van der Waals surface area contributed by atoms with Crippen molar-refractivity contribution in [3.63, 3.8) is 0 Å². The molecular weight excluding hydrogens is 136 g/mol. The molecule has 1 saturated carbocycles. The predicted molar refractivity (Wildman–Crippen MR) is 38.9 cm³/mol.